The van der Waals surface area contributed by atoms with Gasteiger partial charge in [0.15, 0.2) is 0 Å². The number of amides is 1. The van der Waals surface area contributed by atoms with Crippen LogP contribution in [0.5, 0.6) is 5.75 Å². The third-order valence-corrected chi connectivity index (χ3v) is 2.81. The second-order valence-corrected chi connectivity index (χ2v) is 4.11. The molecule has 1 aromatic heterocycles. The number of pyridine rings is 1. The van der Waals surface area contributed by atoms with Gasteiger partial charge in [0.05, 0.1) is 12.7 Å². The standard InChI is InChI=1S/C12H17N3O2/c13-11-5-4-10(9-14-11)17-8-7-15-6-2-1-3-12(15)16/h4-5,9H,1-3,6-8H2,(H2,13,14). The smallest absolute Gasteiger partial charge is 0.222 e. The quantitative estimate of drug-likeness (QED) is 0.847. The summed E-state index contributed by atoms with van der Waals surface area (Å²) < 4.78 is 5.50. The van der Waals surface area contributed by atoms with E-state index in [1.807, 2.05) is 4.90 Å². The van der Waals surface area contributed by atoms with Crippen molar-refractivity contribution in [2.24, 2.45) is 0 Å². The number of ether oxygens (including phenoxy) is 1. The Kier molecular flexibility index (Phi) is 3.80. The molecule has 1 amide bonds. The molecule has 0 spiro atoms. The van der Waals surface area contributed by atoms with Crippen LogP contribution in [0.25, 0.3) is 0 Å². The summed E-state index contributed by atoms with van der Waals surface area (Å²) in [6.45, 7) is 1.99. The molecule has 17 heavy (non-hydrogen) atoms. The lowest BCUT2D eigenvalue weighted by molar-refractivity contribution is -0.133. The van der Waals surface area contributed by atoms with Crippen LogP contribution in [-0.2, 0) is 4.79 Å². The van der Waals surface area contributed by atoms with Crippen molar-refractivity contribution < 1.29 is 9.53 Å². The summed E-state index contributed by atoms with van der Waals surface area (Å²) in [6.07, 6.45) is 4.37. The van der Waals surface area contributed by atoms with E-state index in [1.165, 1.54) is 0 Å². The SMILES string of the molecule is Nc1ccc(OCCN2CCCCC2=O)cn1. The maximum atomic E-state index is 11.5. The summed E-state index contributed by atoms with van der Waals surface area (Å²) in [6, 6.07) is 3.47. The second kappa shape index (κ2) is 5.52. The first kappa shape index (κ1) is 11.7. The number of rotatable bonds is 4. The van der Waals surface area contributed by atoms with Gasteiger partial charge in [0.2, 0.25) is 5.91 Å². The van der Waals surface area contributed by atoms with Crippen LogP contribution in [0.15, 0.2) is 18.3 Å². The summed E-state index contributed by atoms with van der Waals surface area (Å²) in [5.74, 6) is 1.39. The molecule has 0 aliphatic carbocycles. The molecule has 0 radical (unpaired) electrons. The van der Waals surface area contributed by atoms with E-state index in [4.69, 9.17) is 10.5 Å². The molecule has 0 bridgehead atoms. The predicted molar refractivity (Wildman–Crippen MR) is 64.6 cm³/mol. The Bertz CT molecular complexity index is 378. The van der Waals surface area contributed by atoms with Gasteiger partial charge in [-0.25, -0.2) is 4.98 Å². The van der Waals surface area contributed by atoms with Gasteiger partial charge in [0, 0.05) is 13.0 Å². The van der Waals surface area contributed by atoms with Gasteiger partial charge in [-0.15, -0.1) is 0 Å². The Balaban J connectivity index is 1.75. The minimum atomic E-state index is 0.232. The van der Waals surface area contributed by atoms with Crippen molar-refractivity contribution in [1.29, 1.82) is 0 Å². The van der Waals surface area contributed by atoms with Gasteiger partial charge < -0.3 is 15.4 Å². The van der Waals surface area contributed by atoms with E-state index in [0.29, 0.717) is 31.1 Å². The van der Waals surface area contributed by atoms with E-state index in [2.05, 4.69) is 4.98 Å². The molecular formula is C12H17N3O2. The number of likely N-dealkylation sites (tertiary alicyclic amines) is 1. The number of hydrogen-bond acceptors (Lipinski definition) is 4. The van der Waals surface area contributed by atoms with Gasteiger partial charge >= 0.3 is 0 Å². The fourth-order valence-electron chi connectivity index (χ4n) is 1.85. The molecule has 2 N–H and O–H groups in total. The lowest BCUT2D eigenvalue weighted by atomic mass is 10.1. The Labute approximate surface area is 101 Å². The van der Waals surface area contributed by atoms with E-state index in [0.717, 1.165) is 19.4 Å². The van der Waals surface area contributed by atoms with Crippen LogP contribution < -0.4 is 10.5 Å². The number of carbonyl (C=O) groups is 1. The van der Waals surface area contributed by atoms with Crippen LogP contribution >= 0.6 is 0 Å². The van der Waals surface area contributed by atoms with Crippen molar-refractivity contribution in [1.82, 2.24) is 9.88 Å². The van der Waals surface area contributed by atoms with Crippen LogP contribution in [-0.4, -0.2) is 35.5 Å². The predicted octanol–water partition coefficient (Wildman–Crippen LogP) is 1.06. The molecule has 5 nitrogen and oxygen atoms in total. The largest absolute Gasteiger partial charge is 0.490 e. The lowest BCUT2D eigenvalue weighted by Gasteiger charge is -2.26. The van der Waals surface area contributed by atoms with Crippen LogP contribution in [0.3, 0.4) is 0 Å². The van der Waals surface area contributed by atoms with E-state index < -0.39 is 0 Å². The average Bonchev–Trinajstić information content (AvgIpc) is 2.34. The molecule has 1 saturated heterocycles. The highest BCUT2D eigenvalue weighted by Gasteiger charge is 2.17. The molecule has 1 fully saturated rings. The molecule has 0 saturated carbocycles. The van der Waals surface area contributed by atoms with Crippen LogP contribution in [0.2, 0.25) is 0 Å². The van der Waals surface area contributed by atoms with Gasteiger partial charge in [0.1, 0.15) is 18.2 Å². The molecule has 0 unspecified atom stereocenters. The van der Waals surface area contributed by atoms with E-state index >= 15 is 0 Å². The first-order valence-corrected chi connectivity index (χ1v) is 5.88. The Morgan fingerprint density at radius 3 is 3.00 bits per heavy atom. The first-order chi connectivity index (χ1) is 8.25. The zero-order valence-corrected chi connectivity index (χ0v) is 9.76. The summed E-state index contributed by atoms with van der Waals surface area (Å²) in [7, 11) is 0. The zero-order chi connectivity index (χ0) is 12.1. The average molecular weight is 235 g/mol. The molecule has 5 heteroatoms. The molecule has 1 aliphatic rings. The van der Waals surface area contributed by atoms with Crippen molar-refractivity contribution in [3.8, 4) is 5.75 Å². The van der Waals surface area contributed by atoms with Crippen molar-refractivity contribution in [3.63, 3.8) is 0 Å². The summed E-state index contributed by atoms with van der Waals surface area (Å²) >= 11 is 0. The topological polar surface area (TPSA) is 68.5 Å². The molecule has 0 aromatic carbocycles. The van der Waals surface area contributed by atoms with Crippen molar-refractivity contribution in [3.05, 3.63) is 18.3 Å². The van der Waals surface area contributed by atoms with Gasteiger partial charge in [0.25, 0.3) is 0 Å². The van der Waals surface area contributed by atoms with Crippen molar-refractivity contribution in [2.75, 3.05) is 25.4 Å². The second-order valence-electron chi connectivity index (χ2n) is 4.11. The number of nitrogen functional groups attached to an aromatic ring is 1. The van der Waals surface area contributed by atoms with Gasteiger partial charge in [-0.05, 0) is 25.0 Å². The summed E-state index contributed by atoms with van der Waals surface area (Å²) in [4.78, 5) is 17.3. The Morgan fingerprint density at radius 2 is 2.29 bits per heavy atom. The fourth-order valence-corrected chi connectivity index (χ4v) is 1.85. The highest BCUT2D eigenvalue weighted by Crippen LogP contribution is 2.12. The highest BCUT2D eigenvalue weighted by atomic mass is 16.5. The van der Waals surface area contributed by atoms with E-state index in [9.17, 15) is 4.79 Å². The number of hydrogen-bond donors (Lipinski definition) is 1. The molecule has 1 aliphatic heterocycles. The maximum absolute atomic E-state index is 11.5. The Morgan fingerprint density at radius 1 is 1.41 bits per heavy atom. The third kappa shape index (κ3) is 3.34. The highest BCUT2D eigenvalue weighted by molar-refractivity contribution is 5.76. The summed E-state index contributed by atoms with van der Waals surface area (Å²) in [5, 5.41) is 0. The molecule has 1 aromatic rings. The molecule has 0 atom stereocenters. The minimum Gasteiger partial charge on any atom is -0.490 e. The Hall–Kier alpha value is -1.78. The van der Waals surface area contributed by atoms with Crippen LogP contribution in [0, 0.1) is 0 Å². The molecule has 92 valence electrons. The lowest BCUT2D eigenvalue weighted by Crippen LogP contribution is -2.38. The molecular weight excluding hydrogens is 218 g/mol. The van der Waals surface area contributed by atoms with Gasteiger partial charge in [-0.3, -0.25) is 4.79 Å². The minimum absolute atomic E-state index is 0.232. The van der Waals surface area contributed by atoms with Crippen LogP contribution in [0.4, 0.5) is 5.82 Å². The normalized spacial score (nSPS) is 16.0. The maximum Gasteiger partial charge on any atom is 0.222 e. The van der Waals surface area contributed by atoms with Crippen LogP contribution in [0.1, 0.15) is 19.3 Å². The zero-order valence-electron chi connectivity index (χ0n) is 9.76. The number of carbonyl (C=O) groups excluding carboxylic acids is 1. The number of nitrogens with two attached hydrogens (primary N) is 1. The van der Waals surface area contributed by atoms with Crippen molar-refractivity contribution in [2.45, 2.75) is 19.3 Å². The first-order valence-electron chi connectivity index (χ1n) is 5.88. The number of anilines is 1. The number of piperidine rings is 1. The number of aromatic nitrogens is 1. The number of nitrogens with zero attached hydrogens (tertiary/aromatic N) is 2. The van der Waals surface area contributed by atoms with Gasteiger partial charge in [-0.2, -0.15) is 0 Å². The third-order valence-electron chi connectivity index (χ3n) is 2.81. The van der Waals surface area contributed by atoms with E-state index in [-0.39, 0.29) is 5.91 Å². The monoisotopic (exact) mass is 235 g/mol. The van der Waals surface area contributed by atoms with E-state index in [1.54, 1.807) is 18.3 Å². The van der Waals surface area contributed by atoms with Gasteiger partial charge in [-0.1, -0.05) is 0 Å². The summed E-state index contributed by atoms with van der Waals surface area (Å²) in [5.41, 5.74) is 5.47. The molecule has 2 rings (SSSR count). The fraction of sp³-hybridized carbons (Fsp3) is 0.500. The van der Waals surface area contributed by atoms with Crippen molar-refractivity contribution >= 4 is 11.7 Å². The molecule has 2 heterocycles.